The van der Waals surface area contributed by atoms with Gasteiger partial charge in [0.15, 0.2) is 11.5 Å². The zero-order valence-corrected chi connectivity index (χ0v) is 11.5. The first kappa shape index (κ1) is 13.9. The van der Waals surface area contributed by atoms with E-state index in [2.05, 4.69) is 5.16 Å². The van der Waals surface area contributed by atoms with Crippen LogP contribution in [0, 0.1) is 0 Å². The Kier molecular flexibility index (Phi) is 4.60. The van der Waals surface area contributed by atoms with E-state index in [9.17, 15) is 5.21 Å². The lowest BCUT2D eigenvalue weighted by Gasteiger charge is -2.10. The Labute approximate surface area is 118 Å². The number of oxime groups is 1. The normalized spacial score (nSPS) is 11.2. The van der Waals surface area contributed by atoms with Crippen LogP contribution in [0.2, 0.25) is 0 Å². The van der Waals surface area contributed by atoms with Crippen LogP contribution in [-0.4, -0.2) is 25.1 Å². The first-order valence-corrected chi connectivity index (χ1v) is 6.25. The topological polar surface area (TPSA) is 51.0 Å². The summed E-state index contributed by atoms with van der Waals surface area (Å²) < 4.78 is 10.5. The van der Waals surface area contributed by atoms with Crippen molar-refractivity contribution in [1.29, 1.82) is 0 Å². The Morgan fingerprint density at radius 2 is 1.70 bits per heavy atom. The fourth-order valence-electron chi connectivity index (χ4n) is 2.00. The predicted molar refractivity (Wildman–Crippen MR) is 78.0 cm³/mol. The van der Waals surface area contributed by atoms with Gasteiger partial charge in [0.2, 0.25) is 0 Å². The monoisotopic (exact) mass is 271 g/mol. The molecule has 20 heavy (non-hydrogen) atoms. The van der Waals surface area contributed by atoms with Crippen molar-refractivity contribution in [3.8, 4) is 11.5 Å². The molecule has 0 aliphatic carbocycles. The maximum Gasteiger partial charge on any atom is 0.161 e. The summed E-state index contributed by atoms with van der Waals surface area (Å²) in [7, 11) is 3.16. The number of nitrogens with zero attached hydrogens (tertiary/aromatic N) is 1. The van der Waals surface area contributed by atoms with Crippen LogP contribution in [0.15, 0.2) is 53.7 Å². The van der Waals surface area contributed by atoms with E-state index in [0.29, 0.717) is 23.6 Å². The van der Waals surface area contributed by atoms with Crippen molar-refractivity contribution in [1.82, 2.24) is 0 Å². The average Bonchev–Trinajstić information content (AvgIpc) is 2.53. The molecule has 2 aromatic rings. The van der Waals surface area contributed by atoms with E-state index in [1.54, 1.807) is 26.4 Å². The van der Waals surface area contributed by atoms with E-state index in [-0.39, 0.29) is 0 Å². The third-order valence-corrected chi connectivity index (χ3v) is 3.05. The molecule has 0 fully saturated rings. The Balaban J connectivity index is 2.29. The van der Waals surface area contributed by atoms with Gasteiger partial charge in [-0.3, -0.25) is 0 Å². The van der Waals surface area contributed by atoms with Crippen molar-refractivity contribution in [2.45, 2.75) is 6.42 Å². The predicted octanol–water partition coefficient (Wildman–Crippen LogP) is 3.12. The first-order chi connectivity index (χ1) is 9.78. The highest BCUT2D eigenvalue weighted by Gasteiger charge is 2.10. The molecule has 0 saturated carbocycles. The van der Waals surface area contributed by atoms with Crippen LogP contribution < -0.4 is 9.47 Å². The van der Waals surface area contributed by atoms with E-state index in [1.165, 1.54) is 0 Å². The number of hydrogen-bond acceptors (Lipinski definition) is 4. The molecule has 4 heteroatoms. The lowest BCUT2D eigenvalue weighted by Crippen LogP contribution is -2.06. The van der Waals surface area contributed by atoms with Crippen LogP contribution >= 0.6 is 0 Å². The third kappa shape index (κ3) is 3.09. The molecule has 0 amide bonds. The molecule has 0 heterocycles. The number of ether oxygens (including phenoxy) is 2. The standard InChI is InChI=1S/C16H17NO3/c1-19-15-9-8-13(11-16(15)20-2)14(17-18)10-12-6-4-3-5-7-12/h3-9,11,18H,10H2,1-2H3/b17-14-. The van der Waals surface area contributed by atoms with Gasteiger partial charge < -0.3 is 14.7 Å². The highest BCUT2D eigenvalue weighted by Crippen LogP contribution is 2.28. The Hall–Kier alpha value is -2.49. The van der Waals surface area contributed by atoms with Gasteiger partial charge in [0.05, 0.1) is 19.9 Å². The van der Waals surface area contributed by atoms with Crippen LogP contribution in [-0.2, 0) is 6.42 Å². The molecule has 2 aromatic carbocycles. The molecule has 2 rings (SSSR count). The molecule has 104 valence electrons. The summed E-state index contributed by atoms with van der Waals surface area (Å²) >= 11 is 0. The second-order valence-corrected chi connectivity index (χ2v) is 4.28. The van der Waals surface area contributed by atoms with Gasteiger partial charge in [-0.2, -0.15) is 0 Å². The number of rotatable bonds is 5. The number of hydrogen-bond donors (Lipinski definition) is 1. The lowest BCUT2D eigenvalue weighted by atomic mass is 10.0. The molecule has 0 aromatic heterocycles. The van der Waals surface area contributed by atoms with Crippen molar-refractivity contribution in [3.05, 3.63) is 59.7 Å². The van der Waals surface area contributed by atoms with Gasteiger partial charge in [-0.25, -0.2) is 0 Å². The minimum absolute atomic E-state index is 0.548. The van der Waals surface area contributed by atoms with E-state index in [0.717, 1.165) is 11.1 Å². The molecule has 4 nitrogen and oxygen atoms in total. The van der Waals surface area contributed by atoms with Crippen LogP contribution in [0.4, 0.5) is 0 Å². The number of methoxy groups -OCH3 is 2. The molecule has 0 radical (unpaired) electrons. The Bertz CT molecular complexity index is 594. The molecule has 0 bridgehead atoms. The van der Waals surface area contributed by atoms with Crippen molar-refractivity contribution < 1.29 is 14.7 Å². The van der Waals surface area contributed by atoms with Crippen LogP contribution in [0.25, 0.3) is 0 Å². The Morgan fingerprint density at radius 3 is 2.30 bits per heavy atom. The summed E-state index contributed by atoms with van der Waals surface area (Å²) in [6.07, 6.45) is 0.548. The van der Waals surface area contributed by atoms with Crippen molar-refractivity contribution >= 4 is 5.71 Å². The quantitative estimate of drug-likeness (QED) is 0.516. The minimum Gasteiger partial charge on any atom is -0.493 e. The van der Waals surface area contributed by atoms with Gasteiger partial charge in [-0.15, -0.1) is 0 Å². The van der Waals surface area contributed by atoms with Crippen LogP contribution in [0.5, 0.6) is 11.5 Å². The SMILES string of the molecule is COc1ccc(/C(Cc2ccccc2)=N\O)cc1OC. The van der Waals surface area contributed by atoms with Crippen molar-refractivity contribution in [2.75, 3.05) is 14.2 Å². The highest BCUT2D eigenvalue weighted by molar-refractivity contribution is 6.02. The maximum atomic E-state index is 9.25. The molecule has 0 spiro atoms. The van der Waals surface area contributed by atoms with E-state index < -0.39 is 0 Å². The fraction of sp³-hybridized carbons (Fsp3) is 0.188. The fourth-order valence-corrected chi connectivity index (χ4v) is 2.00. The summed E-state index contributed by atoms with van der Waals surface area (Å²) in [4.78, 5) is 0. The van der Waals surface area contributed by atoms with Gasteiger partial charge in [0.1, 0.15) is 0 Å². The van der Waals surface area contributed by atoms with Crippen molar-refractivity contribution in [3.63, 3.8) is 0 Å². The zero-order valence-electron chi connectivity index (χ0n) is 11.5. The van der Waals surface area contributed by atoms with Crippen LogP contribution in [0.1, 0.15) is 11.1 Å². The minimum atomic E-state index is 0.548. The summed E-state index contributed by atoms with van der Waals surface area (Å²) in [6.45, 7) is 0. The summed E-state index contributed by atoms with van der Waals surface area (Å²) in [6, 6.07) is 15.3. The van der Waals surface area contributed by atoms with Gasteiger partial charge in [-0.1, -0.05) is 35.5 Å². The largest absolute Gasteiger partial charge is 0.493 e. The van der Waals surface area contributed by atoms with E-state index >= 15 is 0 Å². The zero-order chi connectivity index (χ0) is 14.4. The van der Waals surface area contributed by atoms with Gasteiger partial charge in [-0.05, 0) is 23.8 Å². The maximum absolute atomic E-state index is 9.25. The van der Waals surface area contributed by atoms with E-state index in [4.69, 9.17) is 9.47 Å². The molecule has 0 atom stereocenters. The van der Waals surface area contributed by atoms with Gasteiger partial charge in [0, 0.05) is 12.0 Å². The second kappa shape index (κ2) is 6.61. The molecular formula is C16H17NO3. The molecule has 0 aliphatic heterocycles. The number of benzene rings is 2. The molecule has 0 saturated heterocycles. The first-order valence-electron chi connectivity index (χ1n) is 6.25. The van der Waals surface area contributed by atoms with Crippen LogP contribution in [0.3, 0.4) is 0 Å². The summed E-state index contributed by atoms with van der Waals surface area (Å²) in [5.74, 6) is 1.26. The molecule has 0 aliphatic rings. The summed E-state index contributed by atoms with van der Waals surface area (Å²) in [5, 5.41) is 12.7. The smallest absolute Gasteiger partial charge is 0.161 e. The average molecular weight is 271 g/mol. The lowest BCUT2D eigenvalue weighted by molar-refractivity contribution is 0.318. The van der Waals surface area contributed by atoms with Gasteiger partial charge in [0.25, 0.3) is 0 Å². The molecular weight excluding hydrogens is 254 g/mol. The molecule has 1 N–H and O–H groups in total. The summed E-state index contributed by atoms with van der Waals surface area (Å²) in [5.41, 5.74) is 2.46. The highest BCUT2D eigenvalue weighted by atomic mass is 16.5. The van der Waals surface area contributed by atoms with Gasteiger partial charge >= 0.3 is 0 Å². The van der Waals surface area contributed by atoms with Crippen molar-refractivity contribution in [2.24, 2.45) is 5.16 Å². The van der Waals surface area contributed by atoms with E-state index in [1.807, 2.05) is 36.4 Å². The Morgan fingerprint density at radius 1 is 1.00 bits per heavy atom. The third-order valence-electron chi connectivity index (χ3n) is 3.05. The molecule has 0 unspecified atom stereocenters. The second-order valence-electron chi connectivity index (χ2n) is 4.28.